The molecule has 7 nitrogen and oxygen atoms in total. The van der Waals surface area contributed by atoms with Crippen molar-refractivity contribution in [3.05, 3.63) is 65.7 Å². The fourth-order valence-electron chi connectivity index (χ4n) is 3.68. The molecule has 1 heterocycles. The Bertz CT molecular complexity index is 963. The number of halogens is 2. The highest BCUT2D eigenvalue weighted by Crippen LogP contribution is 2.12. The number of hydrogen-bond donors (Lipinski definition) is 3. The summed E-state index contributed by atoms with van der Waals surface area (Å²) < 4.78 is 26.5. The van der Waals surface area contributed by atoms with Crippen molar-refractivity contribution in [1.29, 1.82) is 0 Å². The summed E-state index contributed by atoms with van der Waals surface area (Å²) >= 11 is 0. The van der Waals surface area contributed by atoms with Crippen LogP contribution >= 0.6 is 0 Å². The lowest BCUT2D eigenvalue weighted by molar-refractivity contribution is -0.122. The summed E-state index contributed by atoms with van der Waals surface area (Å²) in [6, 6.07) is 12.1. The Labute approximate surface area is 191 Å². The van der Waals surface area contributed by atoms with Crippen molar-refractivity contribution in [2.24, 2.45) is 0 Å². The second kappa shape index (κ2) is 12.1. The van der Waals surface area contributed by atoms with Crippen LogP contribution in [0.15, 0.2) is 48.5 Å². The van der Waals surface area contributed by atoms with Crippen molar-refractivity contribution in [3.63, 3.8) is 0 Å². The van der Waals surface area contributed by atoms with Crippen molar-refractivity contribution in [2.45, 2.75) is 31.7 Å². The van der Waals surface area contributed by atoms with Crippen LogP contribution < -0.4 is 16.0 Å². The highest BCUT2D eigenvalue weighted by atomic mass is 19.1. The SMILES string of the molecule is O=C(CN1CCC(NC(=O)CCCNC(=O)c2ccc(F)cc2F)CC1)Nc1ccccc1. The lowest BCUT2D eigenvalue weighted by Crippen LogP contribution is -2.46. The molecule has 0 saturated carbocycles. The van der Waals surface area contributed by atoms with E-state index in [9.17, 15) is 23.2 Å². The maximum atomic E-state index is 13.6. The van der Waals surface area contributed by atoms with Gasteiger partial charge in [0.2, 0.25) is 11.8 Å². The summed E-state index contributed by atoms with van der Waals surface area (Å²) in [6.45, 7) is 1.95. The van der Waals surface area contributed by atoms with Gasteiger partial charge in [0.05, 0.1) is 12.1 Å². The minimum Gasteiger partial charge on any atom is -0.353 e. The number of nitrogens with zero attached hydrogens (tertiary/aromatic N) is 1. The normalized spacial score (nSPS) is 14.5. The Morgan fingerprint density at radius 2 is 1.70 bits per heavy atom. The highest BCUT2D eigenvalue weighted by molar-refractivity contribution is 5.94. The Morgan fingerprint density at radius 1 is 0.970 bits per heavy atom. The molecule has 9 heteroatoms. The van der Waals surface area contributed by atoms with Gasteiger partial charge in [0.1, 0.15) is 11.6 Å². The Morgan fingerprint density at radius 3 is 2.39 bits per heavy atom. The second-order valence-electron chi connectivity index (χ2n) is 8.02. The van der Waals surface area contributed by atoms with Crippen molar-refractivity contribution in [3.8, 4) is 0 Å². The van der Waals surface area contributed by atoms with E-state index in [1.54, 1.807) is 0 Å². The van der Waals surface area contributed by atoms with E-state index in [1.165, 1.54) is 0 Å². The fraction of sp³-hybridized carbons (Fsp3) is 0.375. The first-order chi connectivity index (χ1) is 15.9. The van der Waals surface area contributed by atoms with Crippen molar-refractivity contribution >= 4 is 23.4 Å². The van der Waals surface area contributed by atoms with E-state index in [2.05, 4.69) is 20.9 Å². The van der Waals surface area contributed by atoms with Gasteiger partial charge in [-0.1, -0.05) is 18.2 Å². The maximum absolute atomic E-state index is 13.6. The van der Waals surface area contributed by atoms with Gasteiger partial charge in [-0.2, -0.15) is 0 Å². The van der Waals surface area contributed by atoms with Crippen LogP contribution in [-0.4, -0.2) is 54.8 Å². The number of likely N-dealkylation sites (tertiary alicyclic amines) is 1. The molecule has 0 radical (unpaired) electrons. The Balaban J connectivity index is 1.28. The van der Waals surface area contributed by atoms with E-state index in [4.69, 9.17) is 0 Å². The molecule has 3 rings (SSSR count). The number of anilines is 1. The lowest BCUT2D eigenvalue weighted by Gasteiger charge is -2.31. The topological polar surface area (TPSA) is 90.5 Å². The third-order valence-corrected chi connectivity index (χ3v) is 5.42. The van der Waals surface area contributed by atoms with E-state index in [0.29, 0.717) is 32.1 Å². The lowest BCUT2D eigenvalue weighted by atomic mass is 10.0. The monoisotopic (exact) mass is 458 g/mol. The number of carbonyl (C=O) groups excluding carboxylic acids is 3. The summed E-state index contributed by atoms with van der Waals surface area (Å²) in [5.41, 5.74) is 0.536. The van der Waals surface area contributed by atoms with Gasteiger partial charge >= 0.3 is 0 Å². The quantitative estimate of drug-likeness (QED) is 0.504. The standard InChI is InChI=1S/C24H28F2N4O3/c25-17-8-9-20(21(26)15-17)24(33)27-12-4-7-22(31)28-19-10-13-30(14-11-19)16-23(32)29-18-5-2-1-3-6-18/h1-3,5-6,8-9,15,19H,4,7,10-14,16H2,(H,27,33)(H,28,31)(H,29,32). The van der Waals surface area contributed by atoms with Gasteiger partial charge in [0, 0.05) is 43.9 Å². The molecule has 33 heavy (non-hydrogen) atoms. The zero-order valence-electron chi connectivity index (χ0n) is 18.3. The van der Waals surface area contributed by atoms with Gasteiger partial charge in [-0.3, -0.25) is 19.3 Å². The summed E-state index contributed by atoms with van der Waals surface area (Å²) in [6.07, 6.45) is 2.14. The summed E-state index contributed by atoms with van der Waals surface area (Å²) in [5.74, 6) is -2.49. The molecule has 2 aromatic carbocycles. The third kappa shape index (κ3) is 7.94. The summed E-state index contributed by atoms with van der Waals surface area (Å²) in [7, 11) is 0. The van der Waals surface area contributed by atoms with Crippen LogP contribution in [0.5, 0.6) is 0 Å². The van der Waals surface area contributed by atoms with Gasteiger partial charge in [-0.15, -0.1) is 0 Å². The van der Waals surface area contributed by atoms with Gasteiger partial charge in [-0.05, 0) is 43.5 Å². The number of rotatable bonds is 9. The molecule has 0 aliphatic carbocycles. The molecule has 3 N–H and O–H groups in total. The Hall–Kier alpha value is -3.33. The van der Waals surface area contributed by atoms with E-state index >= 15 is 0 Å². The smallest absolute Gasteiger partial charge is 0.254 e. The number of benzene rings is 2. The average molecular weight is 459 g/mol. The zero-order valence-corrected chi connectivity index (χ0v) is 18.3. The predicted octanol–water partition coefficient (Wildman–Crippen LogP) is 2.69. The van der Waals surface area contributed by atoms with E-state index in [-0.39, 0.29) is 36.4 Å². The van der Waals surface area contributed by atoms with Crippen molar-refractivity contribution < 1.29 is 23.2 Å². The molecule has 3 amide bonds. The van der Waals surface area contributed by atoms with Gasteiger partial charge < -0.3 is 16.0 Å². The second-order valence-corrected chi connectivity index (χ2v) is 8.02. The zero-order chi connectivity index (χ0) is 23.6. The number of nitrogens with one attached hydrogen (secondary N) is 3. The molecule has 0 bridgehead atoms. The van der Waals surface area contributed by atoms with Gasteiger partial charge in [0.15, 0.2) is 0 Å². The molecular formula is C24H28F2N4O3. The molecule has 0 spiro atoms. The molecule has 1 fully saturated rings. The fourth-order valence-corrected chi connectivity index (χ4v) is 3.68. The van der Waals surface area contributed by atoms with Crippen LogP contribution in [-0.2, 0) is 9.59 Å². The predicted molar refractivity (Wildman–Crippen MR) is 121 cm³/mol. The van der Waals surface area contributed by atoms with E-state index in [0.717, 1.165) is 30.7 Å². The van der Waals surface area contributed by atoms with Crippen LogP contribution in [0.2, 0.25) is 0 Å². The maximum Gasteiger partial charge on any atom is 0.254 e. The number of carbonyl (C=O) groups is 3. The highest BCUT2D eigenvalue weighted by Gasteiger charge is 2.22. The summed E-state index contributed by atoms with van der Waals surface area (Å²) in [5, 5.41) is 8.39. The number of amides is 3. The largest absolute Gasteiger partial charge is 0.353 e. The first-order valence-electron chi connectivity index (χ1n) is 11.0. The molecule has 1 saturated heterocycles. The number of para-hydroxylation sites is 1. The van der Waals surface area contributed by atoms with Crippen molar-refractivity contribution in [1.82, 2.24) is 15.5 Å². The van der Waals surface area contributed by atoms with E-state index in [1.807, 2.05) is 30.3 Å². The number of hydrogen-bond acceptors (Lipinski definition) is 4. The van der Waals surface area contributed by atoms with Crippen LogP contribution in [0.25, 0.3) is 0 Å². The molecule has 1 aliphatic heterocycles. The summed E-state index contributed by atoms with van der Waals surface area (Å²) in [4.78, 5) is 38.3. The van der Waals surface area contributed by atoms with Crippen molar-refractivity contribution in [2.75, 3.05) is 31.5 Å². The van der Waals surface area contributed by atoms with Gasteiger partial charge in [-0.25, -0.2) is 8.78 Å². The van der Waals surface area contributed by atoms with Crippen LogP contribution in [0.4, 0.5) is 14.5 Å². The first kappa shape index (κ1) is 24.3. The van der Waals surface area contributed by atoms with Crippen LogP contribution in [0.3, 0.4) is 0 Å². The molecule has 1 aliphatic rings. The third-order valence-electron chi connectivity index (χ3n) is 5.42. The molecule has 0 unspecified atom stereocenters. The minimum absolute atomic E-state index is 0.0498. The molecule has 176 valence electrons. The number of piperidine rings is 1. The average Bonchev–Trinajstić information content (AvgIpc) is 2.78. The molecule has 0 atom stereocenters. The first-order valence-corrected chi connectivity index (χ1v) is 11.0. The van der Waals surface area contributed by atoms with Crippen LogP contribution in [0.1, 0.15) is 36.0 Å². The van der Waals surface area contributed by atoms with Crippen LogP contribution in [0, 0.1) is 11.6 Å². The molecular weight excluding hydrogens is 430 g/mol. The van der Waals surface area contributed by atoms with Gasteiger partial charge in [0.25, 0.3) is 5.91 Å². The minimum atomic E-state index is -0.922. The van der Waals surface area contributed by atoms with E-state index < -0.39 is 17.5 Å². The molecule has 2 aromatic rings. The Kier molecular flexibility index (Phi) is 8.88. The molecule has 0 aromatic heterocycles.